The molecule has 4 heteroatoms. The Hall–Kier alpha value is -1.58. The highest BCUT2D eigenvalue weighted by Gasteiger charge is 2.40. The van der Waals surface area contributed by atoms with Crippen LogP contribution in [-0.4, -0.2) is 18.6 Å². The van der Waals surface area contributed by atoms with Gasteiger partial charge in [0.25, 0.3) is 0 Å². The average Bonchev–Trinajstić information content (AvgIpc) is 3.11. The number of ether oxygens (including phenoxy) is 1. The summed E-state index contributed by atoms with van der Waals surface area (Å²) in [6.07, 6.45) is 3.02. The maximum Gasteiger partial charge on any atom is 0.331 e. The summed E-state index contributed by atoms with van der Waals surface area (Å²) < 4.78 is 18.0. The van der Waals surface area contributed by atoms with Crippen LogP contribution in [0.1, 0.15) is 26.2 Å². The van der Waals surface area contributed by atoms with Crippen molar-refractivity contribution in [3.05, 3.63) is 30.1 Å². The lowest BCUT2D eigenvalue weighted by molar-refractivity contribution is -0.145. The lowest BCUT2D eigenvalue weighted by atomic mass is 9.94. The molecule has 2 rings (SSSR count). The number of carbonyl (C=O) groups excluding carboxylic acids is 1. The minimum absolute atomic E-state index is 0.307. The van der Waals surface area contributed by atoms with Crippen molar-refractivity contribution in [2.24, 2.45) is 5.92 Å². The quantitative estimate of drug-likeness (QED) is 0.818. The number of carbonyl (C=O) groups is 1. The number of hydrogen-bond donors (Lipinski definition) is 1. The molecule has 0 radical (unpaired) electrons. The van der Waals surface area contributed by atoms with Crippen LogP contribution in [0.25, 0.3) is 0 Å². The molecule has 0 aliphatic heterocycles. The number of halogens is 1. The summed E-state index contributed by atoms with van der Waals surface area (Å²) >= 11 is 0. The summed E-state index contributed by atoms with van der Waals surface area (Å²) in [7, 11) is 1.38. The first-order valence-corrected chi connectivity index (χ1v) is 6.16. The summed E-state index contributed by atoms with van der Waals surface area (Å²) in [5, 5.41) is 3.10. The molecule has 3 nitrogen and oxygen atoms in total. The fourth-order valence-electron chi connectivity index (χ4n) is 2.19. The molecule has 0 amide bonds. The maximum atomic E-state index is 13.1. The third-order valence-corrected chi connectivity index (χ3v) is 3.27. The van der Waals surface area contributed by atoms with Crippen molar-refractivity contribution in [1.29, 1.82) is 0 Å². The summed E-state index contributed by atoms with van der Waals surface area (Å²) in [6.45, 7) is 1.81. The van der Waals surface area contributed by atoms with Crippen molar-refractivity contribution < 1.29 is 13.9 Å². The van der Waals surface area contributed by atoms with Crippen LogP contribution in [0.3, 0.4) is 0 Å². The SMILES string of the molecule is COC(=O)C(C)(CC1CC1)Nc1cccc(F)c1. The topological polar surface area (TPSA) is 38.3 Å². The van der Waals surface area contributed by atoms with Gasteiger partial charge in [0, 0.05) is 5.69 Å². The number of esters is 1. The van der Waals surface area contributed by atoms with Crippen molar-refractivity contribution in [1.82, 2.24) is 0 Å². The van der Waals surface area contributed by atoms with Gasteiger partial charge in [-0.3, -0.25) is 0 Å². The zero-order valence-electron chi connectivity index (χ0n) is 10.7. The molecule has 0 spiro atoms. The van der Waals surface area contributed by atoms with Gasteiger partial charge in [0.1, 0.15) is 11.4 Å². The minimum Gasteiger partial charge on any atom is -0.467 e. The monoisotopic (exact) mass is 251 g/mol. The Balaban J connectivity index is 2.15. The van der Waals surface area contributed by atoms with Crippen molar-refractivity contribution in [2.45, 2.75) is 31.7 Å². The second kappa shape index (κ2) is 4.96. The molecular weight excluding hydrogens is 233 g/mol. The Morgan fingerprint density at radius 2 is 2.28 bits per heavy atom. The van der Waals surface area contributed by atoms with Crippen LogP contribution in [0, 0.1) is 11.7 Å². The molecule has 1 unspecified atom stereocenters. The highest BCUT2D eigenvalue weighted by atomic mass is 19.1. The molecule has 1 N–H and O–H groups in total. The van der Waals surface area contributed by atoms with E-state index < -0.39 is 5.54 Å². The van der Waals surface area contributed by atoms with Crippen LogP contribution in [0.15, 0.2) is 24.3 Å². The molecule has 1 saturated carbocycles. The van der Waals surface area contributed by atoms with Crippen molar-refractivity contribution in [2.75, 3.05) is 12.4 Å². The molecule has 0 bridgehead atoms. The number of nitrogens with one attached hydrogen (secondary N) is 1. The van der Waals surface area contributed by atoms with Gasteiger partial charge in [0.15, 0.2) is 0 Å². The zero-order chi connectivity index (χ0) is 13.2. The van der Waals surface area contributed by atoms with E-state index in [2.05, 4.69) is 5.32 Å². The highest BCUT2D eigenvalue weighted by Crippen LogP contribution is 2.38. The van der Waals surface area contributed by atoms with Gasteiger partial charge in [-0.15, -0.1) is 0 Å². The predicted molar refractivity (Wildman–Crippen MR) is 67.8 cm³/mol. The Morgan fingerprint density at radius 3 is 2.83 bits per heavy atom. The second-order valence-electron chi connectivity index (χ2n) is 5.11. The normalized spacial score (nSPS) is 17.9. The average molecular weight is 251 g/mol. The molecule has 18 heavy (non-hydrogen) atoms. The molecule has 98 valence electrons. The van der Waals surface area contributed by atoms with Crippen LogP contribution in [0.2, 0.25) is 0 Å². The molecule has 1 atom stereocenters. The van der Waals surface area contributed by atoms with Crippen molar-refractivity contribution in [3.63, 3.8) is 0 Å². The van der Waals surface area contributed by atoms with Crippen LogP contribution in [0.5, 0.6) is 0 Å². The van der Waals surface area contributed by atoms with Crippen molar-refractivity contribution in [3.8, 4) is 0 Å². The first kappa shape index (κ1) is 12.9. The molecule has 0 heterocycles. The van der Waals surface area contributed by atoms with Crippen LogP contribution in [0.4, 0.5) is 10.1 Å². The summed E-state index contributed by atoms with van der Waals surface area (Å²) in [4.78, 5) is 11.9. The summed E-state index contributed by atoms with van der Waals surface area (Å²) in [6, 6.07) is 6.12. The number of methoxy groups -OCH3 is 1. The summed E-state index contributed by atoms with van der Waals surface area (Å²) in [5.41, 5.74) is -0.187. The van der Waals surface area contributed by atoms with Gasteiger partial charge in [0.05, 0.1) is 7.11 Å². The second-order valence-corrected chi connectivity index (χ2v) is 5.11. The lowest BCUT2D eigenvalue weighted by Gasteiger charge is -2.29. The van der Waals surface area contributed by atoms with Gasteiger partial charge in [-0.25, -0.2) is 9.18 Å². The third-order valence-electron chi connectivity index (χ3n) is 3.27. The number of hydrogen-bond acceptors (Lipinski definition) is 3. The van der Waals surface area contributed by atoms with Crippen LogP contribution >= 0.6 is 0 Å². The fourth-order valence-corrected chi connectivity index (χ4v) is 2.19. The molecule has 1 fully saturated rings. The van der Waals surface area contributed by atoms with Gasteiger partial charge in [0.2, 0.25) is 0 Å². The van der Waals surface area contributed by atoms with Gasteiger partial charge in [-0.1, -0.05) is 18.9 Å². The molecule has 1 aromatic rings. The molecule has 1 aliphatic carbocycles. The van der Waals surface area contributed by atoms with Crippen LogP contribution in [-0.2, 0) is 9.53 Å². The molecule has 1 aliphatic rings. The van der Waals surface area contributed by atoms with E-state index in [-0.39, 0.29) is 11.8 Å². The smallest absolute Gasteiger partial charge is 0.331 e. The maximum absolute atomic E-state index is 13.1. The van der Waals surface area contributed by atoms with Gasteiger partial charge in [-0.2, -0.15) is 0 Å². The van der Waals surface area contributed by atoms with E-state index in [1.165, 1.54) is 19.2 Å². The Bertz CT molecular complexity index is 445. The van der Waals surface area contributed by atoms with E-state index in [4.69, 9.17) is 4.74 Å². The largest absolute Gasteiger partial charge is 0.467 e. The molecule has 1 aromatic carbocycles. The highest BCUT2D eigenvalue weighted by molar-refractivity contribution is 5.84. The zero-order valence-corrected chi connectivity index (χ0v) is 10.7. The molecule has 0 aromatic heterocycles. The third kappa shape index (κ3) is 3.00. The Kier molecular flexibility index (Phi) is 3.55. The number of benzene rings is 1. The van der Waals surface area contributed by atoms with Gasteiger partial charge in [-0.05, 0) is 37.5 Å². The fraction of sp³-hybridized carbons (Fsp3) is 0.500. The Labute approximate surface area is 106 Å². The first-order chi connectivity index (χ1) is 8.53. The lowest BCUT2D eigenvalue weighted by Crippen LogP contribution is -2.44. The first-order valence-electron chi connectivity index (χ1n) is 6.16. The Morgan fingerprint density at radius 1 is 1.56 bits per heavy atom. The standard InChI is InChI=1S/C14H18FNO2/c1-14(13(17)18-2,9-10-6-7-10)16-12-5-3-4-11(15)8-12/h3-5,8,10,16H,6-7,9H2,1-2H3. The summed E-state index contributed by atoms with van der Waals surface area (Å²) in [5.74, 6) is -0.0625. The molecule has 0 saturated heterocycles. The van der Waals surface area contributed by atoms with E-state index in [1.807, 2.05) is 6.92 Å². The molecular formula is C14H18FNO2. The van der Waals surface area contributed by atoms with Gasteiger partial charge >= 0.3 is 5.97 Å². The number of rotatable bonds is 5. The van der Waals surface area contributed by atoms with E-state index >= 15 is 0 Å². The van der Waals surface area contributed by atoms with E-state index in [1.54, 1.807) is 12.1 Å². The number of anilines is 1. The van der Waals surface area contributed by atoms with E-state index in [0.29, 0.717) is 11.6 Å². The van der Waals surface area contributed by atoms with E-state index in [9.17, 15) is 9.18 Å². The van der Waals surface area contributed by atoms with Gasteiger partial charge < -0.3 is 10.1 Å². The van der Waals surface area contributed by atoms with Crippen LogP contribution < -0.4 is 5.32 Å². The predicted octanol–water partition coefficient (Wildman–Crippen LogP) is 2.97. The van der Waals surface area contributed by atoms with E-state index in [0.717, 1.165) is 19.3 Å². The minimum atomic E-state index is -0.788. The van der Waals surface area contributed by atoms with Crippen molar-refractivity contribution >= 4 is 11.7 Å².